The molecule has 0 aromatic heterocycles. The van der Waals surface area contributed by atoms with Crippen LogP contribution >= 0.6 is 0 Å². The van der Waals surface area contributed by atoms with E-state index in [1.165, 1.54) is 0 Å². The van der Waals surface area contributed by atoms with Crippen LogP contribution in [0.5, 0.6) is 0 Å². The van der Waals surface area contributed by atoms with Gasteiger partial charge in [0.15, 0.2) is 0 Å². The van der Waals surface area contributed by atoms with Crippen LogP contribution in [0.15, 0.2) is 0 Å². The Morgan fingerprint density at radius 1 is 1.26 bits per heavy atom. The molecule has 0 bridgehead atoms. The maximum absolute atomic E-state index is 12.0. The van der Waals surface area contributed by atoms with Gasteiger partial charge in [-0.1, -0.05) is 6.92 Å². The number of hydrogen-bond acceptors (Lipinski definition) is 3. The fourth-order valence-electron chi connectivity index (χ4n) is 2.39. The second kappa shape index (κ2) is 7.11. The number of amides is 2. The number of carbonyl (C=O) groups excluding carboxylic acids is 2. The molecule has 6 nitrogen and oxygen atoms in total. The topological polar surface area (TPSA) is 86.7 Å². The summed E-state index contributed by atoms with van der Waals surface area (Å²) in [7, 11) is 1.62. The Labute approximate surface area is 113 Å². The molecule has 1 rings (SSSR count). The number of nitrogens with one attached hydrogen (secondary N) is 1. The van der Waals surface area contributed by atoms with Gasteiger partial charge in [0.2, 0.25) is 11.8 Å². The SMILES string of the molecule is CNC(=O)C1CCN(C(=O)CC(C)CC(=O)O)CC1. The van der Waals surface area contributed by atoms with Crippen LogP contribution in [-0.4, -0.2) is 47.9 Å². The van der Waals surface area contributed by atoms with Gasteiger partial charge in [-0.2, -0.15) is 0 Å². The summed E-state index contributed by atoms with van der Waals surface area (Å²) in [5, 5.41) is 11.3. The Bertz CT molecular complexity index is 349. The van der Waals surface area contributed by atoms with Crippen LogP contribution in [0.2, 0.25) is 0 Å². The van der Waals surface area contributed by atoms with Gasteiger partial charge in [-0.15, -0.1) is 0 Å². The average Bonchev–Trinajstić information content (AvgIpc) is 2.36. The summed E-state index contributed by atoms with van der Waals surface area (Å²) in [4.78, 5) is 35.7. The molecule has 1 saturated heterocycles. The Morgan fingerprint density at radius 3 is 2.32 bits per heavy atom. The number of aliphatic carboxylic acids is 1. The molecule has 0 radical (unpaired) electrons. The highest BCUT2D eigenvalue weighted by Gasteiger charge is 2.27. The molecular formula is C13H22N2O4. The molecule has 0 aromatic rings. The molecule has 1 heterocycles. The number of nitrogens with zero attached hydrogens (tertiary/aromatic N) is 1. The Kier molecular flexibility index (Phi) is 5.79. The highest BCUT2D eigenvalue weighted by atomic mass is 16.4. The van der Waals surface area contributed by atoms with Crippen molar-refractivity contribution in [3.63, 3.8) is 0 Å². The number of carboxylic acid groups (broad SMARTS) is 1. The van der Waals surface area contributed by atoms with E-state index in [1.807, 2.05) is 0 Å². The minimum atomic E-state index is -0.876. The van der Waals surface area contributed by atoms with Crippen LogP contribution in [0.1, 0.15) is 32.6 Å². The molecule has 6 heteroatoms. The molecule has 2 amide bonds. The molecule has 19 heavy (non-hydrogen) atoms. The van der Waals surface area contributed by atoms with Crippen molar-refractivity contribution in [1.29, 1.82) is 0 Å². The van der Waals surface area contributed by atoms with E-state index >= 15 is 0 Å². The average molecular weight is 270 g/mol. The van der Waals surface area contributed by atoms with Crippen molar-refractivity contribution in [2.45, 2.75) is 32.6 Å². The van der Waals surface area contributed by atoms with Crippen LogP contribution in [-0.2, 0) is 14.4 Å². The lowest BCUT2D eigenvalue weighted by molar-refractivity contribution is -0.139. The van der Waals surface area contributed by atoms with Crippen LogP contribution < -0.4 is 5.32 Å². The van der Waals surface area contributed by atoms with Gasteiger partial charge in [0.05, 0.1) is 0 Å². The first-order chi connectivity index (χ1) is 8.93. The Hall–Kier alpha value is -1.59. The number of rotatable bonds is 5. The fourth-order valence-corrected chi connectivity index (χ4v) is 2.39. The molecule has 108 valence electrons. The summed E-state index contributed by atoms with van der Waals surface area (Å²) in [6.45, 7) is 2.93. The molecule has 0 aliphatic carbocycles. The molecule has 0 saturated carbocycles. The standard InChI is InChI=1S/C13H22N2O4/c1-9(8-12(17)18)7-11(16)15-5-3-10(4-6-15)13(19)14-2/h9-10H,3-8H2,1-2H3,(H,14,19)(H,17,18). The molecule has 1 atom stereocenters. The third-order valence-electron chi connectivity index (χ3n) is 3.51. The normalized spacial score (nSPS) is 17.9. The molecule has 1 unspecified atom stereocenters. The maximum Gasteiger partial charge on any atom is 0.303 e. The Morgan fingerprint density at radius 2 is 1.84 bits per heavy atom. The van der Waals surface area contributed by atoms with Gasteiger partial charge < -0.3 is 15.3 Å². The lowest BCUT2D eigenvalue weighted by Crippen LogP contribution is -2.42. The number of likely N-dealkylation sites (tertiary alicyclic amines) is 1. The first-order valence-electron chi connectivity index (χ1n) is 6.65. The second-order valence-corrected chi connectivity index (χ2v) is 5.18. The molecule has 1 fully saturated rings. The van der Waals surface area contributed by atoms with E-state index < -0.39 is 5.97 Å². The first kappa shape index (κ1) is 15.5. The summed E-state index contributed by atoms with van der Waals surface area (Å²) in [6.07, 6.45) is 1.63. The van der Waals surface area contributed by atoms with E-state index in [0.717, 1.165) is 0 Å². The highest BCUT2D eigenvalue weighted by Crippen LogP contribution is 2.19. The van der Waals surface area contributed by atoms with E-state index in [-0.39, 0.29) is 36.5 Å². The summed E-state index contributed by atoms with van der Waals surface area (Å²) in [6, 6.07) is 0. The van der Waals surface area contributed by atoms with Crippen molar-refractivity contribution in [2.24, 2.45) is 11.8 Å². The third kappa shape index (κ3) is 4.89. The van der Waals surface area contributed by atoms with E-state index in [4.69, 9.17) is 5.11 Å². The van der Waals surface area contributed by atoms with Gasteiger partial charge in [-0.05, 0) is 18.8 Å². The summed E-state index contributed by atoms with van der Waals surface area (Å²) < 4.78 is 0. The van der Waals surface area contributed by atoms with Crippen LogP contribution in [0, 0.1) is 11.8 Å². The van der Waals surface area contributed by atoms with E-state index in [2.05, 4.69) is 5.32 Å². The minimum Gasteiger partial charge on any atom is -0.481 e. The van der Waals surface area contributed by atoms with Crippen molar-refractivity contribution in [3.05, 3.63) is 0 Å². The summed E-state index contributed by atoms with van der Waals surface area (Å²) >= 11 is 0. The van der Waals surface area contributed by atoms with E-state index in [0.29, 0.717) is 25.9 Å². The highest BCUT2D eigenvalue weighted by molar-refractivity contribution is 5.80. The monoisotopic (exact) mass is 270 g/mol. The third-order valence-corrected chi connectivity index (χ3v) is 3.51. The molecule has 1 aliphatic rings. The van der Waals surface area contributed by atoms with Crippen molar-refractivity contribution >= 4 is 17.8 Å². The van der Waals surface area contributed by atoms with Crippen LogP contribution in [0.25, 0.3) is 0 Å². The molecular weight excluding hydrogens is 248 g/mol. The summed E-state index contributed by atoms with van der Waals surface area (Å²) in [5.41, 5.74) is 0. The summed E-state index contributed by atoms with van der Waals surface area (Å²) in [5.74, 6) is -1.01. The fraction of sp³-hybridized carbons (Fsp3) is 0.769. The van der Waals surface area contributed by atoms with Crippen molar-refractivity contribution in [3.8, 4) is 0 Å². The van der Waals surface area contributed by atoms with Gasteiger partial charge >= 0.3 is 5.97 Å². The molecule has 0 aromatic carbocycles. The van der Waals surface area contributed by atoms with Crippen LogP contribution in [0.4, 0.5) is 0 Å². The Balaban J connectivity index is 2.36. The van der Waals surface area contributed by atoms with Crippen molar-refractivity contribution in [1.82, 2.24) is 10.2 Å². The lowest BCUT2D eigenvalue weighted by atomic mass is 9.95. The van der Waals surface area contributed by atoms with Gasteiger partial charge in [0.25, 0.3) is 0 Å². The first-order valence-corrected chi connectivity index (χ1v) is 6.65. The molecule has 1 aliphatic heterocycles. The van der Waals surface area contributed by atoms with E-state index in [9.17, 15) is 14.4 Å². The number of carbonyl (C=O) groups is 3. The van der Waals surface area contributed by atoms with E-state index in [1.54, 1.807) is 18.9 Å². The predicted molar refractivity (Wildman–Crippen MR) is 69.4 cm³/mol. The van der Waals surface area contributed by atoms with Crippen molar-refractivity contribution < 1.29 is 19.5 Å². The van der Waals surface area contributed by atoms with Gasteiger partial charge in [0.1, 0.15) is 0 Å². The zero-order valence-corrected chi connectivity index (χ0v) is 11.5. The predicted octanol–water partition coefficient (Wildman–Crippen LogP) is 0.472. The zero-order valence-electron chi connectivity index (χ0n) is 11.5. The quantitative estimate of drug-likeness (QED) is 0.760. The largest absolute Gasteiger partial charge is 0.481 e. The van der Waals surface area contributed by atoms with Crippen LogP contribution in [0.3, 0.4) is 0 Å². The molecule has 0 spiro atoms. The smallest absolute Gasteiger partial charge is 0.303 e. The second-order valence-electron chi connectivity index (χ2n) is 5.18. The van der Waals surface area contributed by atoms with Gasteiger partial charge in [0, 0.05) is 38.9 Å². The number of carboxylic acids is 1. The van der Waals surface area contributed by atoms with Gasteiger partial charge in [-0.3, -0.25) is 14.4 Å². The maximum atomic E-state index is 12.0. The molecule has 2 N–H and O–H groups in total. The number of piperidine rings is 1. The van der Waals surface area contributed by atoms with Gasteiger partial charge in [-0.25, -0.2) is 0 Å². The van der Waals surface area contributed by atoms with Crippen molar-refractivity contribution in [2.75, 3.05) is 20.1 Å². The zero-order chi connectivity index (χ0) is 14.4. The number of hydrogen-bond donors (Lipinski definition) is 2. The lowest BCUT2D eigenvalue weighted by Gasteiger charge is -2.31. The minimum absolute atomic E-state index is 0.00880.